The van der Waals surface area contributed by atoms with Crippen molar-refractivity contribution in [3.05, 3.63) is 66.6 Å². The predicted octanol–water partition coefficient (Wildman–Crippen LogP) is 4.37. The number of hydrogen-bond acceptors (Lipinski definition) is 8. The minimum absolute atomic E-state index is 0.0389. The number of piperidine rings is 1. The molecule has 1 atom stereocenters. The number of halogens is 1. The Morgan fingerprint density at radius 2 is 1.68 bits per heavy atom. The van der Waals surface area contributed by atoms with Crippen molar-refractivity contribution in [2.45, 2.75) is 42.7 Å². The van der Waals surface area contributed by atoms with Gasteiger partial charge in [0.25, 0.3) is 0 Å². The number of likely N-dealkylation sites (tertiary alicyclic amines) is 1. The van der Waals surface area contributed by atoms with Gasteiger partial charge in [0.1, 0.15) is 11.6 Å². The minimum atomic E-state index is -3.70. The molecule has 0 saturated carbocycles. The van der Waals surface area contributed by atoms with Crippen LogP contribution in [-0.4, -0.2) is 73.0 Å². The van der Waals surface area contributed by atoms with Crippen molar-refractivity contribution in [2.24, 2.45) is 0 Å². The number of nitrogens with zero attached hydrogens (tertiary/aromatic N) is 4. The Kier molecular flexibility index (Phi) is 8.18. The van der Waals surface area contributed by atoms with Crippen LogP contribution < -0.4 is 10.6 Å². The monoisotopic (exact) mass is 540 g/mol. The SMILES string of the molecule is CN1CCC(N(CC2CCCO2)S(=O)(=O)c2ccc(Nc3nccc(Nc4ccc(F)cc4)n3)cc2)CC1. The lowest BCUT2D eigenvalue weighted by molar-refractivity contribution is 0.0760. The van der Waals surface area contributed by atoms with Crippen LogP contribution in [0.4, 0.5) is 27.5 Å². The van der Waals surface area contributed by atoms with Gasteiger partial charge in [-0.2, -0.15) is 9.29 Å². The average Bonchev–Trinajstić information content (AvgIpc) is 3.43. The third-order valence-electron chi connectivity index (χ3n) is 6.99. The second-order valence-electron chi connectivity index (χ2n) is 9.79. The number of aromatic nitrogens is 2. The number of sulfonamides is 1. The highest BCUT2D eigenvalue weighted by Crippen LogP contribution is 2.28. The Hall–Kier alpha value is -3.12. The molecule has 1 unspecified atom stereocenters. The van der Waals surface area contributed by atoms with Crippen LogP contribution in [-0.2, 0) is 14.8 Å². The molecule has 0 aliphatic carbocycles. The van der Waals surface area contributed by atoms with E-state index in [1.807, 2.05) is 0 Å². The second kappa shape index (κ2) is 11.7. The third kappa shape index (κ3) is 6.47. The average molecular weight is 541 g/mol. The van der Waals surface area contributed by atoms with Gasteiger partial charge in [-0.3, -0.25) is 0 Å². The lowest BCUT2D eigenvalue weighted by Crippen LogP contribution is -2.49. The Balaban J connectivity index is 1.29. The van der Waals surface area contributed by atoms with E-state index in [1.54, 1.807) is 53.0 Å². The molecular weight excluding hydrogens is 507 g/mol. The van der Waals surface area contributed by atoms with Crippen molar-refractivity contribution in [1.82, 2.24) is 19.2 Å². The molecule has 202 valence electrons. The maximum absolute atomic E-state index is 13.8. The zero-order valence-corrected chi connectivity index (χ0v) is 22.2. The predicted molar refractivity (Wildman–Crippen MR) is 145 cm³/mol. The number of benzene rings is 2. The quantitative estimate of drug-likeness (QED) is 0.413. The molecule has 0 radical (unpaired) electrons. The zero-order chi connectivity index (χ0) is 26.5. The summed E-state index contributed by atoms with van der Waals surface area (Å²) in [5.41, 5.74) is 1.36. The van der Waals surface area contributed by atoms with Crippen molar-refractivity contribution in [3.8, 4) is 0 Å². The smallest absolute Gasteiger partial charge is 0.243 e. The number of ether oxygens (including phenoxy) is 1. The molecule has 2 aliphatic rings. The molecule has 3 heterocycles. The molecule has 2 aliphatic heterocycles. The molecular formula is C27H33FN6O3S. The molecule has 3 aromatic rings. The van der Waals surface area contributed by atoms with E-state index >= 15 is 0 Å². The van der Waals surface area contributed by atoms with Crippen molar-refractivity contribution in [2.75, 3.05) is 43.9 Å². The first-order valence-electron chi connectivity index (χ1n) is 12.9. The topological polar surface area (TPSA) is 99.7 Å². The molecule has 2 N–H and O–H groups in total. The maximum atomic E-state index is 13.8. The van der Waals surface area contributed by atoms with Gasteiger partial charge in [0.2, 0.25) is 16.0 Å². The molecule has 5 rings (SSSR count). The van der Waals surface area contributed by atoms with Gasteiger partial charge in [0.05, 0.1) is 11.0 Å². The summed E-state index contributed by atoms with van der Waals surface area (Å²) in [6.45, 7) is 2.83. The number of rotatable bonds is 9. The molecule has 0 bridgehead atoms. The zero-order valence-electron chi connectivity index (χ0n) is 21.4. The number of anilines is 4. The first-order valence-corrected chi connectivity index (χ1v) is 14.4. The van der Waals surface area contributed by atoms with Crippen molar-refractivity contribution in [3.63, 3.8) is 0 Å². The van der Waals surface area contributed by atoms with Crippen LogP contribution >= 0.6 is 0 Å². The van der Waals surface area contributed by atoms with Gasteiger partial charge in [0, 0.05) is 36.8 Å². The summed E-state index contributed by atoms with van der Waals surface area (Å²) in [7, 11) is -1.63. The van der Waals surface area contributed by atoms with Crippen LogP contribution in [0.3, 0.4) is 0 Å². The molecule has 2 saturated heterocycles. The summed E-state index contributed by atoms with van der Waals surface area (Å²) in [6, 6.07) is 14.3. The normalized spacial score (nSPS) is 19.1. The van der Waals surface area contributed by atoms with E-state index in [2.05, 4.69) is 32.5 Å². The second-order valence-corrected chi connectivity index (χ2v) is 11.7. The van der Waals surface area contributed by atoms with E-state index in [0.29, 0.717) is 36.3 Å². The van der Waals surface area contributed by atoms with Gasteiger partial charge in [-0.25, -0.2) is 17.8 Å². The molecule has 9 nitrogen and oxygen atoms in total. The molecule has 38 heavy (non-hydrogen) atoms. The van der Waals surface area contributed by atoms with Crippen LogP contribution in [0.15, 0.2) is 65.7 Å². The first-order chi connectivity index (χ1) is 18.4. The fourth-order valence-corrected chi connectivity index (χ4v) is 6.58. The van der Waals surface area contributed by atoms with Crippen molar-refractivity contribution in [1.29, 1.82) is 0 Å². The van der Waals surface area contributed by atoms with E-state index in [-0.39, 0.29) is 22.9 Å². The van der Waals surface area contributed by atoms with Gasteiger partial charge in [-0.05, 0) is 100 Å². The minimum Gasteiger partial charge on any atom is -0.377 e. The van der Waals surface area contributed by atoms with Crippen LogP contribution in [0, 0.1) is 5.82 Å². The molecule has 2 aromatic carbocycles. The third-order valence-corrected chi connectivity index (χ3v) is 8.92. The standard InChI is InChI=1S/C27H33FN6O3S/c1-33-16-13-23(14-17-33)34(19-24-3-2-18-37-24)38(35,36)25-10-8-22(9-11-25)31-27-29-15-12-26(32-27)30-21-6-4-20(28)5-7-21/h4-12,15,23-24H,2-3,13-14,16-19H2,1H3,(H2,29,30,31,32). The number of nitrogens with one attached hydrogen (secondary N) is 2. The van der Waals surface area contributed by atoms with E-state index < -0.39 is 10.0 Å². The molecule has 0 amide bonds. The van der Waals surface area contributed by atoms with Crippen LogP contribution in [0.25, 0.3) is 0 Å². The van der Waals surface area contributed by atoms with E-state index in [9.17, 15) is 12.8 Å². The van der Waals surface area contributed by atoms with Crippen LogP contribution in [0.1, 0.15) is 25.7 Å². The van der Waals surface area contributed by atoms with Gasteiger partial charge in [-0.15, -0.1) is 0 Å². The molecule has 11 heteroatoms. The highest BCUT2D eigenvalue weighted by molar-refractivity contribution is 7.89. The lowest BCUT2D eigenvalue weighted by atomic mass is 10.1. The van der Waals surface area contributed by atoms with E-state index in [1.165, 1.54) is 12.1 Å². The Bertz CT molecular complexity index is 1310. The van der Waals surface area contributed by atoms with Crippen LogP contribution in [0.5, 0.6) is 0 Å². The van der Waals surface area contributed by atoms with Gasteiger partial charge in [-0.1, -0.05) is 0 Å². The largest absolute Gasteiger partial charge is 0.377 e. The highest BCUT2D eigenvalue weighted by atomic mass is 32.2. The fourth-order valence-electron chi connectivity index (χ4n) is 4.86. The van der Waals surface area contributed by atoms with Gasteiger partial charge in [0.15, 0.2) is 0 Å². The van der Waals surface area contributed by atoms with Crippen molar-refractivity contribution >= 4 is 33.2 Å². The van der Waals surface area contributed by atoms with Crippen molar-refractivity contribution < 1.29 is 17.5 Å². The first kappa shape index (κ1) is 26.5. The summed E-state index contributed by atoms with van der Waals surface area (Å²) in [6.07, 6.45) is 5.01. The highest BCUT2D eigenvalue weighted by Gasteiger charge is 2.35. The Labute approximate surface area is 223 Å². The van der Waals surface area contributed by atoms with Gasteiger partial charge >= 0.3 is 0 Å². The van der Waals surface area contributed by atoms with E-state index in [0.717, 1.165) is 38.8 Å². The summed E-state index contributed by atoms with van der Waals surface area (Å²) >= 11 is 0. The van der Waals surface area contributed by atoms with E-state index in [4.69, 9.17) is 4.74 Å². The Morgan fingerprint density at radius 1 is 1.00 bits per heavy atom. The maximum Gasteiger partial charge on any atom is 0.243 e. The Morgan fingerprint density at radius 3 is 2.37 bits per heavy atom. The molecule has 2 fully saturated rings. The summed E-state index contributed by atoms with van der Waals surface area (Å²) in [5.74, 6) is 0.572. The van der Waals surface area contributed by atoms with Crippen LogP contribution in [0.2, 0.25) is 0 Å². The fraction of sp³-hybridized carbons (Fsp3) is 0.407. The summed E-state index contributed by atoms with van der Waals surface area (Å²) in [5, 5.41) is 6.22. The lowest BCUT2D eigenvalue weighted by Gasteiger charge is -2.37. The number of hydrogen-bond donors (Lipinski definition) is 2. The molecule has 0 spiro atoms. The summed E-state index contributed by atoms with van der Waals surface area (Å²) < 4.78 is 48.2. The summed E-state index contributed by atoms with van der Waals surface area (Å²) in [4.78, 5) is 11.2. The molecule has 1 aromatic heterocycles. The van der Waals surface area contributed by atoms with Gasteiger partial charge < -0.3 is 20.3 Å².